The zero-order chi connectivity index (χ0) is 14.9. The van der Waals surface area contributed by atoms with Gasteiger partial charge in [0.2, 0.25) is 5.91 Å². The Bertz CT molecular complexity index is 525. The first kappa shape index (κ1) is 15.0. The molecule has 1 saturated heterocycles. The van der Waals surface area contributed by atoms with Gasteiger partial charge in [0.25, 0.3) is 0 Å². The molecule has 1 fully saturated rings. The maximum Gasteiger partial charge on any atom is 0.242 e. The summed E-state index contributed by atoms with van der Waals surface area (Å²) >= 11 is 6.19. The number of piperidine rings is 1. The number of nitrogens with one attached hydrogen (secondary N) is 2. The molecule has 0 radical (unpaired) electrons. The minimum atomic E-state index is -0.249. The van der Waals surface area contributed by atoms with Gasteiger partial charge in [0.1, 0.15) is 22.8 Å². The first-order valence-corrected chi connectivity index (χ1v) is 7.25. The van der Waals surface area contributed by atoms with Crippen molar-refractivity contribution in [1.82, 2.24) is 15.3 Å². The van der Waals surface area contributed by atoms with Gasteiger partial charge in [-0.25, -0.2) is 9.97 Å². The van der Waals surface area contributed by atoms with Crippen LogP contribution in [0.3, 0.4) is 0 Å². The van der Waals surface area contributed by atoms with Gasteiger partial charge in [-0.1, -0.05) is 32.4 Å². The number of amides is 1. The lowest BCUT2D eigenvalue weighted by atomic mass is 9.95. The van der Waals surface area contributed by atoms with Gasteiger partial charge in [-0.05, 0) is 19.8 Å². The van der Waals surface area contributed by atoms with Crippen LogP contribution in [-0.2, 0) is 10.2 Å². The highest BCUT2D eigenvalue weighted by molar-refractivity contribution is 6.30. The summed E-state index contributed by atoms with van der Waals surface area (Å²) in [5, 5.41) is 6.49. The summed E-state index contributed by atoms with van der Waals surface area (Å²) in [5.74, 6) is 1.34. The molecule has 2 heterocycles. The molecule has 2 rings (SSSR count). The predicted octanol–water partition coefficient (Wildman–Crippen LogP) is 2.43. The van der Waals surface area contributed by atoms with E-state index >= 15 is 0 Å². The Morgan fingerprint density at radius 1 is 1.35 bits per heavy atom. The normalized spacial score (nSPS) is 19.6. The van der Waals surface area contributed by atoms with Crippen LogP contribution >= 0.6 is 11.6 Å². The van der Waals surface area contributed by atoms with Crippen LogP contribution in [0.4, 0.5) is 5.82 Å². The summed E-state index contributed by atoms with van der Waals surface area (Å²) < 4.78 is 0. The van der Waals surface area contributed by atoms with E-state index in [1.165, 1.54) is 0 Å². The number of nitrogens with zero attached hydrogens (tertiary/aromatic N) is 2. The second-order valence-corrected chi connectivity index (χ2v) is 6.55. The minimum Gasteiger partial charge on any atom is -0.358 e. The third-order valence-corrected chi connectivity index (χ3v) is 3.72. The number of carbonyl (C=O) groups excluding carboxylic acids is 1. The van der Waals surface area contributed by atoms with Gasteiger partial charge in [0, 0.05) is 17.5 Å². The Kier molecular flexibility index (Phi) is 4.18. The van der Waals surface area contributed by atoms with Gasteiger partial charge in [-0.3, -0.25) is 4.79 Å². The van der Waals surface area contributed by atoms with E-state index in [1.807, 2.05) is 27.7 Å². The van der Waals surface area contributed by atoms with Gasteiger partial charge in [-0.15, -0.1) is 0 Å². The number of hydrogen-bond acceptors (Lipinski definition) is 4. The Morgan fingerprint density at radius 3 is 2.65 bits per heavy atom. The fourth-order valence-corrected chi connectivity index (χ4v) is 2.21. The first-order valence-electron chi connectivity index (χ1n) is 6.88. The molecule has 1 aliphatic rings. The molecule has 1 amide bonds. The molecular weight excluding hydrogens is 276 g/mol. The number of halogens is 1. The van der Waals surface area contributed by atoms with Crippen molar-refractivity contribution in [2.45, 2.75) is 52.0 Å². The SMILES string of the molecule is Cc1c(Cl)nc(C(C)(C)C)nc1NC1CCCNC1=O. The Hall–Kier alpha value is -1.36. The molecule has 1 aromatic heterocycles. The largest absolute Gasteiger partial charge is 0.358 e. The molecule has 0 aliphatic carbocycles. The van der Waals surface area contributed by atoms with Crippen LogP contribution < -0.4 is 10.6 Å². The van der Waals surface area contributed by atoms with Gasteiger partial charge in [0.05, 0.1) is 0 Å². The van der Waals surface area contributed by atoms with E-state index in [2.05, 4.69) is 20.6 Å². The molecule has 0 aromatic carbocycles. The molecule has 0 bridgehead atoms. The van der Waals surface area contributed by atoms with E-state index in [9.17, 15) is 4.79 Å². The van der Waals surface area contributed by atoms with Crippen LogP contribution in [-0.4, -0.2) is 28.5 Å². The molecule has 2 N–H and O–H groups in total. The summed E-state index contributed by atoms with van der Waals surface area (Å²) in [7, 11) is 0. The lowest BCUT2D eigenvalue weighted by Crippen LogP contribution is -2.44. The van der Waals surface area contributed by atoms with Crippen molar-refractivity contribution < 1.29 is 4.79 Å². The molecule has 1 aromatic rings. The van der Waals surface area contributed by atoms with Crippen LogP contribution in [0.1, 0.15) is 45.0 Å². The number of rotatable bonds is 2. The van der Waals surface area contributed by atoms with Crippen molar-refractivity contribution >= 4 is 23.3 Å². The highest BCUT2D eigenvalue weighted by Gasteiger charge is 2.25. The minimum absolute atomic E-state index is 0.0164. The monoisotopic (exact) mass is 296 g/mol. The summed E-state index contributed by atoms with van der Waals surface area (Å²) in [4.78, 5) is 20.7. The van der Waals surface area contributed by atoms with Gasteiger partial charge < -0.3 is 10.6 Å². The van der Waals surface area contributed by atoms with E-state index < -0.39 is 0 Å². The Morgan fingerprint density at radius 2 is 2.05 bits per heavy atom. The fourth-order valence-electron chi connectivity index (χ4n) is 2.04. The third kappa shape index (κ3) is 3.20. The highest BCUT2D eigenvalue weighted by atomic mass is 35.5. The van der Waals surface area contributed by atoms with Crippen LogP contribution in [0.15, 0.2) is 0 Å². The molecule has 110 valence electrons. The van der Waals surface area contributed by atoms with E-state index in [4.69, 9.17) is 11.6 Å². The maximum atomic E-state index is 11.8. The second-order valence-electron chi connectivity index (χ2n) is 6.19. The van der Waals surface area contributed by atoms with Gasteiger partial charge in [0.15, 0.2) is 0 Å². The van der Waals surface area contributed by atoms with E-state index in [-0.39, 0.29) is 17.4 Å². The van der Waals surface area contributed by atoms with Gasteiger partial charge >= 0.3 is 0 Å². The average molecular weight is 297 g/mol. The maximum absolute atomic E-state index is 11.8. The second kappa shape index (κ2) is 5.56. The van der Waals surface area contributed by atoms with Crippen LogP contribution in [0.2, 0.25) is 5.15 Å². The lowest BCUT2D eigenvalue weighted by Gasteiger charge is -2.25. The first-order chi connectivity index (χ1) is 9.29. The molecule has 6 heteroatoms. The summed E-state index contributed by atoms with van der Waals surface area (Å²) in [6.07, 6.45) is 1.77. The van der Waals surface area contributed by atoms with Crippen LogP contribution in [0.25, 0.3) is 0 Å². The van der Waals surface area contributed by atoms with E-state index in [0.29, 0.717) is 16.8 Å². The molecular formula is C14H21ClN4O. The lowest BCUT2D eigenvalue weighted by molar-refractivity contribution is -0.123. The van der Waals surface area contributed by atoms with Crippen molar-refractivity contribution in [3.8, 4) is 0 Å². The van der Waals surface area contributed by atoms with Crippen molar-refractivity contribution in [3.05, 3.63) is 16.5 Å². The van der Waals surface area contributed by atoms with Gasteiger partial charge in [-0.2, -0.15) is 0 Å². The molecule has 20 heavy (non-hydrogen) atoms. The standard InChI is InChI=1S/C14H21ClN4O/c1-8-10(15)18-13(14(2,3)4)19-11(8)17-9-6-5-7-16-12(9)20/h9H,5-7H2,1-4H3,(H,16,20)(H,17,18,19). The Labute approximate surface area is 124 Å². The van der Waals surface area contributed by atoms with Crippen molar-refractivity contribution in [3.63, 3.8) is 0 Å². The number of anilines is 1. The average Bonchev–Trinajstić information content (AvgIpc) is 2.36. The number of hydrogen-bond donors (Lipinski definition) is 2. The molecule has 1 atom stereocenters. The molecule has 0 spiro atoms. The van der Waals surface area contributed by atoms with E-state index in [0.717, 1.165) is 24.9 Å². The molecule has 1 aliphatic heterocycles. The molecule has 5 nitrogen and oxygen atoms in total. The zero-order valence-electron chi connectivity index (χ0n) is 12.4. The fraction of sp³-hybridized carbons (Fsp3) is 0.643. The van der Waals surface area contributed by atoms with E-state index in [1.54, 1.807) is 0 Å². The Balaban J connectivity index is 2.30. The quantitative estimate of drug-likeness (QED) is 0.823. The van der Waals surface area contributed by atoms with Crippen molar-refractivity contribution in [2.75, 3.05) is 11.9 Å². The van der Waals surface area contributed by atoms with Crippen molar-refractivity contribution in [1.29, 1.82) is 0 Å². The summed E-state index contributed by atoms with van der Waals surface area (Å²) in [5.41, 5.74) is 0.584. The summed E-state index contributed by atoms with van der Waals surface area (Å²) in [6, 6.07) is -0.249. The topological polar surface area (TPSA) is 66.9 Å². The zero-order valence-corrected chi connectivity index (χ0v) is 13.1. The van der Waals surface area contributed by atoms with Crippen molar-refractivity contribution in [2.24, 2.45) is 0 Å². The number of carbonyl (C=O) groups is 1. The highest BCUT2D eigenvalue weighted by Crippen LogP contribution is 2.27. The summed E-state index contributed by atoms with van der Waals surface area (Å²) in [6.45, 7) is 8.70. The van der Waals surface area contributed by atoms with Crippen LogP contribution in [0, 0.1) is 6.92 Å². The third-order valence-electron chi connectivity index (χ3n) is 3.35. The number of aromatic nitrogens is 2. The smallest absolute Gasteiger partial charge is 0.242 e. The van der Waals surface area contributed by atoms with Crippen LogP contribution in [0.5, 0.6) is 0 Å². The molecule has 0 saturated carbocycles. The molecule has 1 unspecified atom stereocenters. The predicted molar refractivity (Wildman–Crippen MR) is 80.1 cm³/mol.